The summed E-state index contributed by atoms with van der Waals surface area (Å²) in [6.45, 7) is 4.46. The first-order valence-corrected chi connectivity index (χ1v) is 5.78. The molecule has 0 saturated heterocycles. The standard InChI is InChI=1S/C13H20N2/c1-9(2)12-5-3-4-6-13(12)15-11-7-10(14)8-11/h3-6,9-11,15H,7-8,14H2,1-2H3. The maximum absolute atomic E-state index is 5.78. The highest BCUT2D eigenvalue weighted by Crippen LogP contribution is 2.28. The Kier molecular flexibility index (Phi) is 2.96. The summed E-state index contributed by atoms with van der Waals surface area (Å²) in [4.78, 5) is 0. The lowest BCUT2D eigenvalue weighted by molar-refractivity contribution is 0.373. The fourth-order valence-electron chi connectivity index (χ4n) is 2.13. The van der Waals surface area contributed by atoms with Gasteiger partial charge in [0.1, 0.15) is 0 Å². The Labute approximate surface area is 91.9 Å². The third-order valence-electron chi connectivity index (χ3n) is 3.12. The van der Waals surface area contributed by atoms with Crippen molar-refractivity contribution in [3.8, 4) is 0 Å². The van der Waals surface area contributed by atoms with Crippen molar-refractivity contribution in [1.29, 1.82) is 0 Å². The molecule has 1 saturated carbocycles. The molecule has 82 valence electrons. The number of para-hydroxylation sites is 1. The number of benzene rings is 1. The maximum atomic E-state index is 5.78. The molecule has 0 radical (unpaired) electrons. The molecule has 2 nitrogen and oxygen atoms in total. The molecule has 2 rings (SSSR count). The first kappa shape index (κ1) is 10.5. The predicted molar refractivity (Wildman–Crippen MR) is 65.2 cm³/mol. The van der Waals surface area contributed by atoms with E-state index in [0.717, 1.165) is 12.8 Å². The van der Waals surface area contributed by atoms with Crippen molar-refractivity contribution in [3.63, 3.8) is 0 Å². The van der Waals surface area contributed by atoms with Gasteiger partial charge in [0.05, 0.1) is 0 Å². The van der Waals surface area contributed by atoms with Crippen LogP contribution in [0.1, 0.15) is 38.2 Å². The Morgan fingerprint density at radius 2 is 1.93 bits per heavy atom. The van der Waals surface area contributed by atoms with E-state index in [1.165, 1.54) is 11.3 Å². The second-order valence-corrected chi connectivity index (χ2v) is 4.81. The van der Waals surface area contributed by atoms with Crippen LogP contribution in [0.4, 0.5) is 5.69 Å². The highest BCUT2D eigenvalue weighted by atomic mass is 15.0. The lowest BCUT2D eigenvalue weighted by Gasteiger charge is -2.34. The van der Waals surface area contributed by atoms with Gasteiger partial charge < -0.3 is 11.1 Å². The molecule has 0 heterocycles. The fourth-order valence-corrected chi connectivity index (χ4v) is 2.13. The van der Waals surface area contributed by atoms with Crippen molar-refractivity contribution < 1.29 is 0 Å². The van der Waals surface area contributed by atoms with E-state index < -0.39 is 0 Å². The summed E-state index contributed by atoms with van der Waals surface area (Å²) in [5.41, 5.74) is 8.46. The van der Waals surface area contributed by atoms with Crippen LogP contribution in [-0.4, -0.2) is 12.1 Å². The lowest BCUT2D eigenvalue weighted by atomic mass is 9.87. The third kappa shape index (κ3) is 2.32. The number of nitrogens with one attached hydrogen (secondary N) is 1. The van der Waals surface area contributed by atoms with E-state index in [2.05, 4.69) is 43.4 Å². The minimum absolute atomic E-state index is 0.411. The van der Waals surface area contributed by atoms with Crippen LogP contribution >= 0.6 is 0 Å². The minimum atomic E-state index is 0.411. The summed E-state index contributed by atoms with van der Waals surface area (Å²) >= 11 is 0. The molecular weight excluding hydrogens is 184 g/mol. The average Bonchev–Trinajstić information content (AvgIpc) is 2.16. The van der Waals surface area contributed by atoms with Crippen LogP contribution in [0.5, 0.6) is 0 Å². The molecule has 1 aliphatic rings. The van der Waals surface area contributed by atoms with Crippen molar-refractivity contribution in [2.45, 2.75) is 44.7 Å². The van der Waals surface area contributed by atoms with Gasteiger partial charge in [-0.2, -0.15) is 0 Å². The Hall–Kier alpha value is -1.02. The molecule has 0 amide bonds. The molecule has 0 aromatic heterocycles. The van der Waals surface area contributed by atoms with Gasteiger partial charge in [-0.15, -0.1) is 0 Å². The molecule has 0 atom stereocenters. The molecule has 1 aliphatic carbocycles. The van der Waals surface area contributed by atoms with Crippen molar-refractivity contribution in [2.24, 2.45) is 5.73 Å². The van der Waals surface area contributed by atoms with Crippen LogP contribution in [0.15, 0.2) is 24.3 Å². The van der Waals surface area contributed by atoms with Gasteiger partial charge >= 0.3 is 0 Å². The van der Waals surface area contributed by atoms with Crippen LogP contribution in [0.3, 0.4) is 0 Å². The van der Waals surface area contributed by atoms with Gasteiger partial charge in [0.2, 0.25) is 0 Å². The summed E-state index contributed by atoms with van der Waals surface area (Å²) in [5.74, 6) is 0.572. The largest absolute Gasteiger partial charge is 0.382 e. The van der Waals surface area contributed by atoms with E-state index in [9.17, 15) is 0 Å². The number of hydrogen-bond donors (Lipinski definition) is 2. The summed E-state index contributed by atoms with van der Waals surface area (Å²) in [7, 11) is 0. The normalized spacial score (nSPS) is 25.1. The topological polar surface area (TPSA) is 38.0 Å². The van der Waals surface area contributed by atoms with Crippen LogP contribution in [0, 0.1) is 0 Å². The molecule has 3 N–H and O–H groups in total. The van der Waals surface area contributed by atoms with E-state index in [4.69, 9.17) is 5.73 Å². The fraction of sp³-hybridized carbons (Fsp3) is 0.538. The Bertz CT molecular complexity index is 327. The van der Waals surface area contributed by atoms with Crippen molar-refractivity contribution in [3.05, 3.63) is 29.8 Å². The number of hydrogen-bond acceptors (Lipinski definition) is 2. The van der Waals surface area contributed by atoms with E-state index in [1.54, 1.807) is 0 Å². The quantitative estimate of drug-likeness (QED) is 0.794. The van der Waals surface area contributed by atoms with Crippen LogP contribution in [0.2, 0.25) is 0 Å². The SMILES string of the molecule is CC(C)c1ccccc1NC1CC(N)C1. The number of rotatable bonds is 3. The van der Waals surface area contributed by atoms with Crippen molar-refractivity contribution in [2.75, 3.05) is 5.32 Å². The first-order chi connectivity index (χ1) is 7.16. The summed E-state index contributed by atoms with van der Waals surface area (Å²) in [5, 5.41) is 3.58. The molecule has 0 spiro atoms. The van der Waals surface area contributed by atoms with E-state index >= 15 is 0 Å². The van der Waals surface area contributed by atoms with E-state index in [1.807, 2.05) is 0 Å². The van der Waals surface area contributed by atoms with Gasteiger partial charge in [-0.1, -0.05) is 32.0 Å². The molecule has 0 aliphatic heterocycles. The van der Waals surface area contributed by atoms with Crippen LogP contribution in [-0.2, 0) is 0 Å². The molecule has 15 heavy (non-hydrogen) atoms. The lowest BCUT2D eigenvalue weighted by Crippen LogP contribution is -2.44. The third-order valence-corrected chi connectivity index (χ3v) is 3.12. The summed E-state index contributed by atoms with van der Waals surface area (Å²) in [6, 6.07) is 9.55. The zero-order valence-corrected chi connectivity index (χ0v) is 9.53. The Morgan fingerprint density at radius 1 is 1.27 bits per heavy atom. The van der Waals surface area contributed by atoms with Crippen molar-refractivity contribution in [1.82, 2.24) is 0 Å². The smallest absolute Gasteiger partial charge is 0.0377 e. The van der Waals surface area contributed by atoms with E-state index in [0.29, 0.717) is 18.0 Å². The summed E-state index contributed by atoms with van der Waals surface area (Å²) < 4.78 is 0. The van der Waals surface area contributed by atoms with Gasteiger partial charge in [0, 0.05) is 17.8 Å². The molecule has 1 fully saturated rings. The predicted octanol–water partition coefficient (Wildman–Crippen LogP) is 2.71. The van der Waals surface area contributed by atoms with Crippen molar-refractivity contribution >= 4 is 5.69 Å². The van der Waals surface area contributed by atoms with Gasteiger partial charge in [-0.3, -0.25) is 0 Å². The van der Waals surface area contributed by atoms with Crippen LogP contribution in [0.25, 0.3) is 0 Å². The molecular formula is C13H20N2. The second-order valence-electron chi connectivity index (χ2n) is 4.81. The van der Waals surface area contributed by atoms with Gasteiger partial charge in [0.25, 0.3) is 0 Å². The first-order valence-electron chi connectivity index (χ1n) is 5.78. The molecule has 0 unspecified atom stereocenters. The molecule has 2 heteroatoms. The van der Waals surface area contributed by atoms with E-state index in [-0.39, 0.29) is 0 Å². The highest BCUT2D eigenvalue weighted by molar-refractivity contribution is 5.53. The Morgan fingerprint density at radius 3 is 2.53 bits per heavy atom. The molecule has 0 bridgehead atoms. The van der Waals surface area contributed by atoms with Gasteiger partial charge in [-0.05, 0) is 30.4 Å². The van der Waals surface area contributed by atoms with Crippen LogP contribution < -0.4 is 11.1 Å². The molecule has 1 aromatic carbocycles. The maximum Gasteiger partial charge on any atom is 0.0377 e. The zero-order chi connectivity index (χ0) is 10.8. The Balaban J connectivity index is 2.07. The minimum Gasteiger partial charge on any atom is -0.382 e. The van der Waals surface area contributed by atoms with Gasteiger partial charge in [-0.25, -0.2) is 0 Å². The monoisotopic (exact) mass is 204 g/mol. The number of nitrogens with two attached hydrogens (primary N) is 1. The second kappa shape index (κ2) is 4.23. The highest BCUT2D eigenvalue weighted by Gasteiger charge is 2.26. The summed E-state index contributed by atoms with van der Waals surface area (Å²) in [6.07, 6.45) is 2.21. The van der Waals surface area contributed by atoms with Gasteiger partial charge in [0.15, 0.2) is 0 Å². The molecule has 1 aromatic rings. The number of anilines is 1. The zero-order valence-electron chi connectivity index (χ0n) is 9.53. The average molecular weight is 204 g/mol.